The number of amides is 1. The van der Waals surface area contributed by atoms with Crippen LogP contribution in [0.25, 0.3) is 0 Å². The van der Waals surface area contributed by atoms with Gasteiger partial charge in [0.05, 0.1) is 6.61 Å². The van der Waals surface area contributed by atoms with Gasteiger partial charge in [-0.15, -0.1) is 0 Å². The largest absolute Gasteiger partial charge is 0.505 e. The van der Waals surface area contributed by atoms with Crippen molar-refractivity contribution < 1.29 is 14.6 Å². The number of rotatable bonds is 6. The third-order valence-electron chi connectivity index (χ3n) is 2.43. The first-order chi connectivity index (χ1) is 8.56. The maximum atomic E-state index is 12.3. The Morgan fingerprint density at radius 2 is 2.28 bits per heavy atom. The summed E-state index contributed by atoms with van der Waals surface area (Å²) in [5.41, 5.74) is 0.0919. The summed E-state index contributed by atoms with van der Waals surface area (Å²) in [6.45, 7) is 5.63. The zero-order chi connectivity index (χ0) is 13.5. The first-order valence-electron chi connectivity index (χ1n) is 5.98. The molecule has 0 fully saturated rings. The van der Waals surface area contributed by atoms with Crippen LogP contribution in [-0.2, 0) is 4.74 Å². The fraction of sp³-hybridized carbons (Fsp3) is 0.538. The van der Waals surface area contributed by atoms with Crippen LogP contribution in [0.5, 0.6) is 5.75 Å². The molecular weight excluding hydrogens is 232 g/mol. The van der Waals surface area contributed by atoms with Crippen molar-refractivity contribution in [3.8, 4) is 5.75 Å². The highest BCUT2D eigenvalue weighted by atomic mass is 16.5. The molecule has 18 heavy (non-hydrogen) atoms. The van der Waals surface area contributed by atoms with E-state index < -0.39 is 0 Å². The minimum atomic E-state index is -0.265. The minimum Gasteiger partial charge on any atom is -0.505 e. The van der Waals surface area contributed by atoms with E-state index in [1.165, 1.54) is 12.3 Å². The van der Waals surface area contributed by atoms with Crippen molar-refractivity contribution in [1.29, 1.82) is 0 Å². The molecule has 0 aromatic carbocycles. The summed E-state index contributed by atoms with van der Waals surface area (Å²) in [7, 11) is 1.59. The molecule has 0 aliphatic carbocycles. The van der Waals surface area contributed by atoms with Crippen molar-refractivity contribution in [2.45, 2.75) is 13.8 Å². The third-order valence-corrected chi connectivity index (χ3v) is 2.43. The van der Waals surface area contributed by atoms with E-state index in [0.717, 1.165) is 0 Å². The number of pyridine rings is 1. The second kappa shape index (κ2) is 6.96. The SMILES string of the molecule is COCCN(CC(C)C)C(=O)c1ncccc1O. The Kier molecular flexibility index (Phi) is 5.58. The van der Waals surface area contributed by atoms with Crippen LogP contribution in [0, 0.1) is 5.92 Å². The van der Waals surface area contributed by atoms with Gasteiger partial charge in [0, 0.05) is 26.4 Å². The van der Waals surface area contributed by atoms with E-state index >= 15 is 0 Å². The van der Waals surface area contributed by atoms with Gasteiger partial charge in [0.2, 0.25) is 0 Å². The topological polar surface area (TPSA) is 62.7 Å². The summed E-state index contributed by atoms with van der Waals surface area (Å²) in [6.07, 6.45) is 1.50. The summed E-state index contributed by atoms with van der Waals surface area (Å²) < 4.78 is 4.99. The van der Waals surface area contributed by atoms with Gasteiger partial charge in [-0.05, 0) is 18.1 Å². The number of ether oxygens (including phenoxy) is 1. The first kappa shape index (κ1) is 14.4. The van der Waals surface area contributed by atoms with E-state index in [0.29, 0.717) is 25.6 Å². The van der Waals surface area contributed by atoms with Crippen molar-refractivity contribution in [2.75, 3.05) is 26.8 Å². The van der Waals surface area contributed by atoms with E-state index in [4.69, 9.17) is 4.74 Å². The Hall–Kier alpha value is -1.62. The molecule has 0 aliphatic rings. The average molecular weight is 252 g/mol. The van der Waals surface area contributed by atoms with Gasteiger partial charge in [-0.3, -0.25) is 4.79 Å². The number of hydrogen-bond acceptors (Lipinski definition) is 4. The Morgan fingerprint density at radius 1 is 1.56 bits per heavy atom. The Bertz CT molecular complexity index is 394. The van der Waals surface area contributed by atoms with E-state index in [1.807, 2.05) is 13.8 Å². The monoisotopic (exact) mass is 252 g/mol. The number of carbonyl (C=O) groups is 1. The van der Waals surface area contributed by atoms with Crippen molar-refractivity contribution in [2.24, 2.45) is 5.92 Å². The molecule has 0 spiro atoms. The fourth-order valence-electron chi connectivity index (χ4n) is 1.63. The van der Waals surface area contributed by atoms with E-state index in [-0.39, 0.29) is 17.4 Å². The van der Waals surface area contributed by atoms with Crippen LogP contribution in [0.2, 0.25) is 0 Å². The maximum absolute atomic E-state index is 12.3. The number of hydrogen-bond donors (Lipinski definition) is 1. The fourth-order valence-corrected chi connectivity index (χ4v) is 1.63. The van der Waals surface area contributed by atoms with Crippen LogP contribution in [0.1, 0.15) is 24.3 Å². The highest BCUT2D eigenvalue weighted by molar-refractivity contribution is 5.94. The van der Waals surface area contributed by atoms with Crippen LogP contribution >= 0.6 is 0 Å². The summed E-state index contributed by atoms with van der Waals surface area (Å²) in [4.78, 5) is 17.8. The smallest absolute Gasteiger partial charge is 0.276 e. The predicted molar refractivity (Wildman–Crippen MR) is 68.5 cm³/mol. The number of nitrogens with zero attached hydrogens (tertiary/aromatic N) is 2. The van der Waals surface area contributed by atoms with Crippen molar-refractivity contribution >= 4 is 5.91 Å². The molecule has 100 valence electrons. The van der Waals surface area contributed by atoms with Crippen LogP contribution in [-0.4, -0.2) is 47.7 Å². The molecule has 1 heterocycles. The summed E-state index contributed by atoms with van der Waals surface area (Å²) in [6, 6.07) is 3.05. The molecule has 1 rings (SSSR count). The van der Waals surface area contributed by atoms with E-state index in [2.05, 4.69) is 4.98 Å². The first-order valence-corrected chi connectivity index (χ1v) is 5.98. The lowest BCUT2D eigenvalue weighted by Crippen LogP contribution is -2.37. The molecule has 0 unspecified atom stereocenters. The van der Waals surface area contributed by atoms with Crippen LogP contribution < -0.4 is 0 Å². The Morgan fingerprint density at radius 3 is 2.83 bits per heavy atom. The number of methoxy groups -OCH3 is 1. The molecule has 5 heteroatoms. The van der Waals surface area contributed by atoms with E-state index in [9.17, 15) is 9.90 Å². The number of aromatic hydroxyl groups is 1. The zero-order valence-electron chi connectivity index (χ0n) is 11.1. The molecule has 1 N–H and O–H groups in total. The molecule has 0 saturated carbocycles. The Balaban J connectivity index is 2.84. The van der Waals surface area contributed by atoms with Gasteiger partial charge in [0.15, 0.2) is 5.69 Å². The molecule has 1 amide bonds. The molecule has 1 aromatic heterocycles. The van der Waals surface area contributed by atoms with Gasteiger partial charge in [0.1, 0.15) is 5.75 Å². The van der Waals surface area contributed by atoms with Gasteiger partial charge >= 0.3 is 0 Å². The normalized spacial score (nSPS) is 10.7. The number of aromatic nitrogens is 1. The minimum absolute atomic E-state index is 0.0892. The van der Waals surface area contributed by atoms with Gasteiger partial charge in [0.25, 0.3) is 5.91 Å². The number of carbonyl (C=O) groups excluding carboxylic acids is 1. The van der Waals surface area contributed by atoms with E-state index in [1.54, 1.807) is 18.1 Å². The van der Waals surface area contributed by atoms with Crippen LogP contribution in [0.4, 0.5) is 0 Å². The molecule has 0 bridgehead atoms. The zero-order valence-corrected chi connectivity index (χ0v) is 11.1. The Labute approximate surface area is 107 Å². The van der Waals surface area contributed by atoms with Gasteiger partial charge < -0.3 is 14.7 Å². The molecule has 0 saturated heterocycles. The quantitative estimate of drug-likeness (QED) is 0.834. The lowest BCUT2D eigenvalue weighted by Gasteiger charge is -2.24. The van der Waals surface area contributed by atoms with Crippen molar-refractivity contribution in [3.05, 3.63) is 24.0 Å². The van der Waals surface area contributed by atoms with Crippen LogP contribution in [0.3, 0.4) is 0 Å². The van der Waals surface area contributed by atoms with Crippen LogP contribution in [0.15, 0.2) is 18.3 Å². The summed E-state index contributed by atoms with van der Waals surface area (Å²) in [5.74, 6) is -0.0100. The highest BCUT2D eigenvalue weighted by Crippen LogP contribution is 2.15. The van der Waals surface area contributed by atoms with Crippen molar-refractivity contribution in [3.63, 3.8) is 0 Å². The second-order valence-electron chi connectivity index (χ2n) is 4.51. The van der Waals surface area contributed by atoms with Gasteiger partial charge in [-0.2, -0.15) is 0 Å². The molecule has 0 aliphatic heterocycles. The molecular formula is C13H20N2O3. The standard InChI is InChI=1S/C13H20N2O3/c1-10(2)9-15(7-8-18-3)13(17)12-11(16)5-4-6-14-12/h4-6,10,16H,7-9H2,1-3H3. The second-order valence-corrected chi connectivity index (χ2v) is 4.51. The molecule has 1 aromatic rings. The molecule has 5 nitrogen and oxygen atoms in total. The van der Waals surface area contributed by atoms with Gasteiger partial charge in [-0.25, -0.2) is 4.98 Å². The predicted octanol–water partition coefficient (Wildman–Crippen LogP) is 1.53. The molecule has 0 radical (unpaired) electrons. The summed E-state index contributed by atoms with van der Waals surface area (Å²) in [5, 5.41) is 9.65. The summed E-state index contributed by atoms with van der Waals surface area (Å²) >= 11 is 0. The third kappa shape index (κ3) is 4.00. The van der Waals surface area contributed by atoms with Gasteiger partial charge in [-0.1, -0.05) is 13.8 Å². The average Bonchev–Trinajstić information content (AvgIpc) is 2.34. The maximum Gasteiger partial charge on any atom is 0.276 e. The van der Waals surface area contributed by atoms with Crippen molar-refractivity contribution in [1.82, 2.24) is 9.88 Å². The highest BCUT2D eigenvalue weighted by Gasteiger charge is 2.20. The molecule has 0 atom stereocenters. The lowest BCUT2D eigenvalue weighted by molar-refractivity contribution is 0.0663. The lowest BCUT2D eigenvalue weighted by atomic mass is 10.2.